The minimum Gasteiger partial charge on any atom is -0.478 e. The summed E-state index contributed by atoms with van der Waals surface area (Å²) in [6, 6.07) is 5.76. The van der Waals surface area contributed by atoms with Crippen LogP contribution in [0, 0.1) is 0 Å². The molecule has 4 heteroatoms. The fourth-order valence-corrected chi connectivity index (χ4v) is 1.73. The van der Waals surface area contributed by atoms with E-state index in [1.807, 2.05) is 13.0 Å². The summed E-state index contributed by atoms with van der Waals surface area (Å²) in [5, 5.41) is 15.5. The summed E-state index contributed by atoms with van der Waals surface area (Å²) in [5.74, 6) is -0.900. The molecule has 0 bridgehead atoms. The summed E-state index contributed by atoms with van der Waals surface area (Å²) < 4.78 is 0. The second kappa shape index (κ2) is 3.46. The molecule has 3 N–H and O–H groups in total. The van der Waals surface area contributed by atoms with Gasteiger partial charge in [0.25, 0.3) is 0 Å². The van der Waals surface area contributed by atoms with Crippen LogP contribution in [0.1, 0.15) is 24.2 Å². The van der Waals surface area contributed by atoms with Crippen molar-refractivity contribution in [2.45, 2.75) is 25.9 Å². The van der Waals surface area contributed by atoms with E-state index in [-0.39, 0.29) is 6.04 Å². The minimum atomic E-state index is -0.900. The summed E-state index contributed by atoms with van der Waals surface area (Å²) in [7, 11) is 0. The molecular formula is C11H14N2O2. The smallest absolute Gasteiger partial charge is 0.337 e. The Morgan fingerprint density at radius 1 is 1.27 bits per heavy atom. The van der Waals surface area contributed by atoms with Gasteiger partial charge in [-0.1, -0.05) is 6.07 Å². The fraction of sp³-hybridized carbons (Fsp3) is 0.364. The zero-order valence-electron chi connectivity index (χ0n) is 8.74. The van der Waals surface area contributed by atoms with Crippen LogP contribution >= 0.6 is 0 Å². The van der Waals surface area contributed by atoms with Crippen LogP contribution in [0.4, 0.5) is 11.4 Å². The van der Waals surface area contributed by atoms with Gasteiger partial charge in [0, 0.05) is 12.1 Å². The first-order valence-electron chi connectivity index (χ1n) is 4.99. The van der Waals surface area contributed by atoms with Gasteiger partial charge in [0.05, 0.1) is 16.9 Å². The van der Waals surface area contributed by atoms with Crippen LogP contribution in [0.15, 0.2) is 18.2 Å². The number of aromatic carboxylic acids is 1. The van der Waals surface area contributed by atoms with Crippen molar-refractivity contribution in [2.24, 2.45) is 0 Å². The maximum Gasteiger partial charge on any atom is 0.337 e. The van der Waals surface area contributed by atoms with E-state index in [9.17, 15) is 4.79 Å². The van der Waals surface area contributed by atoms with Crippen LogP contribution < -0.4 is 10.6 Å². The highest BCUT2D eigenvalue weighted by Gasteiger charge is 2.23. The molecule has 0 saturated carbocycles. The Balaban J connectivity index is 2.48. The highest BCUT2D eigenvalue weighted by molar-refractivity contribution is 5.98. The fourth-order valence-electron chi connectivity index (χ4n) is 1.73. The Labute approximate surface area is 88.3 Å². The van der Waals surface area contributed by atoms with Crippen LogP contribution in [0.25, 0.3) is 0 Å². The third-order valence-corrected chi connectivity index (χ3v) is 2.80. The molecule has 1 aromatic carbocycles. The number of carboxylic acid groups (broad SMARTS) is 1. The number of hydrogen-bond acceptors (Lipinski definition) is 3. The lowest BCUT2D eigenvalue weighted by molar-refractivity contribution is 0.0698. The van der Waals surface area contributed by atoms with Crippen LogP contribution in [0.3, 0.4) is 0 Å². The second-order valence-electron chi connectivity index (χ2n) is 3.90. The molecule has 0 saturated heterocycles. The second-order valence-corrected chi connectivity index (χ2v) is 3.90. The van der Waals surface area contributed by atoms with Crippen molar-refractivity contribution in [2.75, 3.05) is 10.6 Å². The van der Waals surface area contributed by atoms with E-state index in [0.717, 1.165) is 5.69 Å². The molecule has 1 aromatic rings. The zero-order chi connectivity index (χ0) is 11.0. The first-order valence-corrected chi connectivity index (χ1v) is 4.99. The summed E-state index contributed by atoms with van der Waals surface area (Å²) in [6.45, 7) is 4.09. The normalized spacial score (nSPS) is 23.6. The van der Waals surface area contributed by atoms with E-state index in [1.54, 1.807) is 12.1 Å². The zero-order valence-corrected chi connectivity index (χ0v) is 8.74. The van der Waals surface area contributed by atoms with Crippen LogP contribution in [0.5, 0.6) is 0 Å². The number of benzene rings is 1. The molecule has 2 atom stereocenters. The first-order chi connectivity index (χ1) is 7.09. The molecule has 15 heavy (non-hydrogen) atoms. The van der Waals surface area contributed by atoms with Crippen molar-refractivity contribution in [3.63, 3.8) is 0 Å². The van der Waals surface area contributed by atoms with Gasteiger partial charge >= 0.3 is 5.97 Å². The summed E-state index contributed by atoms with van der Waals surface area (Å²) in [4.78, 5) is 11.0. The number of fused-ring (bicyclic) bond motifs is 1. The maximum atomic E-state index is 11.0. The van der Waals surface area contributed by atoms with Crippen molar-refractivity contribution in [1.82, 2.24) is 0 Å². The number of rotatable bonds is 1. The van der Waals surface area contributed by atoms with E-state index in [0.29, 0.717) is 17.3 Å². The van der Waals surface area contributed by atoms with Gasteiger partial charge in [-0.15, -0.1) is 0 Å². The van der Waals surface area contributed by atoms with E-state index >= 15 is 0 Å². The molecule has 0 spiro atoms. The summed E-state index contributed by atoms with van der Waals surface area (Å²) in [6.07, 6.45) is 0. The Kier molecular flexibility index (Phi) is 2.26. The third-order valence-electron chi connectivity index (χ3n) is 2.80. The molecule has 80 valence electrons. The average molecular weight is 206 g/mol. The molecule has 4 nitrogen and oxygen atoms in total. The Morgan fingerprint density at radius 3 is 2.60 bits per heavy atom. The van der Waals surface area contributed by atoms with Gasteiger partial charge in [-0.2, -0.15) is 0 Å². The molecule has 1 aliphatic heterocycles. The van der Waals surface area contributed by atoms with Gasteiger partial charge in [-0.25, -0.2) is 4.79 Å². The van der Waals surface area contributed by atoms with Gasteiger partial charge in [0.1, 0.15) is 0 Å². The maximum absolute atomic E-state index is 11.0. The topological polar surface area (TPSA) is 61.4 Å². The molecule has 0 radical (unpaired) electrons. The lowest BCUT2D eigenvalue weighted by atomic mass is 10.0. The number of para-hydroxylation sites is 1. The molecule has 1 aliphatic rings. The standard InChI is InChI=1S/C11H14N2O2/c1-6-7(2)13-10-8(11(14)15)4-3-5-9(10)12-6/h3-7,12-13H,1-2H3,(H,14,15)/t6-,7-/m1/s1. The average Bonchev–Trinajstić information content (AvgIpc) is 2.18. The van der Waals surface area contributed by atoms with E-state index < -0.39 is 5.97 Å². The van der Waals surface area contributed by atoms with Crippen molar-refractivity contribution in [1.29, 1.82) is 0 Å². The molecule has 0 amide bonds. The van der Waals surface area contributed by atoms with Gasteiger partial charge in [0.15, 0.2) is 0 Å². The Bertz CT molecular complexity index is 404. The van der Waals surface area contributed by atoms with E-state index in [2.05, 4.69) is 17.6 Å². The van der Waals surface area contributed by atoms with Gasteiger partial charge < -0.3 is 15.7 Å². The number of carbonyl (C=O) groups is 1. The van der Waals surface area contributed by atoms with Crippen molar-refractivity contribution in [3.8, 4) is 0 Å². The van der Waals surface area contributed by atoms with E-state index in [4.69, 9.17) is 5.11 Å². The molecule has 0 unspecified atom stereocenters. The Morgan fingerprint density at radius 2 is 1.93 bits per heavy atom. The lowest BCUT2D eigenvalue weighted by Crippen LogP contribution is -2.39. The first kappa shape index (κ1) is 9.83. The number of carboxylic acids is 1. The predicted molar refractivity (Wildman–Crippen MR) is 59.6 cm³/mol. The van der Waals surface area contributed by atoms with E-state index in [1.165, 1.54) is 0 Å². The molecule has 1 heterocycles. The largest absolute Gasteiger partial charge is 0.478 e. The van der Waals surface area contributed by atoms with Gasteiger partial charge in [-0.3, -0.25) is 0 Å². The predicted octanol–water partition coefficient (Wildman–Crippen LogP) is 2.00. The number of anilines is 2. The van der Waals surface area contributed by atoms with Crippen molar-refractivity contribution in [3.05, 3.63) is 23.8 Å². The summed E-state index contributed by atoms with van der Waals surface area (Å²) in [5.41, 5.74) is 1.87. The van der Waals surface area contributed by atoms with Crippen LogP contribution in [0.2, 0.25) is 0 Å². The lowest BCUT2D eigenvalue weighted by Gasteiger charge is -2.32. The summed E-state index contributed by atoms with van der Waals surface area (Å²) >= 11 is 0. The molecule has 2 rings (SSSR count). The third kappa shape index (κ3) is 1.63. The highest BCUT2D eigenvalue weighted by Crippen LogP contribution is 2.31. The van der Waals surface area contributed by atoms with Crippen LogP contribution in [-0.2, 0) is 0 Å². The van der Waals surface area contributed by atoms with Crippen molar-refractivity contribution >= 4 is 17.3 Å². The monoisotopic (exact) mass is 206 g/mol. The SMILES string of the molecule is C[C@H]1Nc2cccc(C(=O)O)c2N[C@@H]1C. The molecule has 0 aromatic heterocycles. The quantitative estimate of drug-likeness (QED) is 0.657. The highest BCUT2D eigenvalue weighted by atomic mass is 16.4. The minimum absolute atomic E-state index is 0.220. The molecule has 0 fully saturated rings. The number of hydrogen-bond donors (Lipinski definition) is 3. The molecule has 0 aliphatic carbocycles. The van der Waals surface area contributed by atoms with Crippen molar-refractivity contribution < 1.29 is 9.90 Å². The Hall–Kier alpha value is -1.71. The van der Waals surface area contributed by atoms with Gasteiger partial charge in [0.2, 0.25) is 0 Å². The number of nitrogens with one attached hydrogen (secondary N) is 2. The van der Waals surface area contributed by atoms with Gasteiger partial charge in [-0.05, 0) is 26.0 Å². The van der Waals surface area contributed by atoms with Crippen LogP contribution in [-0.4, -0.2) is 23.2 Å². The molecular weight excluding hydrogens is 192 g/mol.